The van der Waals surface area contributed by atoms with Crippen molar-refractivity contribution in [3.05, 3.63) is 38.7 Å². The van der Waals surface area contributed by atoms with Gasteiger partial charge in [-0.3, -0.25) is 4.79 Å². The molecule has 3 aromatic rings. The minimum absolute atomic E-state index is 0.154. The Balaban J connectivity index is 1.88. The average Bonchev–Trinajstić information content (AvgIpc) is 3.05. The van der Waals surface area contributed by atoms with Crippen molar-refractivity contribution in [3.8, 4) is 17.1 Å². The van der Waals surface area contributed by atoms with E-state index in [-0.39, 0.29) is 16.3 Å². The van der Waals surface area contributed by atoms with Crippen molar-refractivity contribution >= 4 is 37.0 Å². The lowest BCUT2D eigenvalue weighted by Gasteiger charge is -2.31. The van der Waals surface area contributed by atoms with Crippen LogP contribution < -0.4 is 10.3 Å². The van der Waals surface area contributed by atoms with Gasteiger partial charge in [0.2, 0.25) is 10.0 Å². The monoisotopic (exact) mass is 551 g/mol. The normalized spacial score (nSPS) is 15.8. The van der Waals surface area contributed by atoms with Crippen molar-refractivity contribution in [2.45, 2.75) is 31.6 Å². The topological polar surface area (TPSA) is 101 Å². The summed E-state index contributed by atoms with van der Waals surface area (Å²) < 4.78 is 36.6. The first-order valence-corrected chi connectivity index (χ1v) is 13.6. The second-order valence-corrected chi connectivity index (χ2v) is 11.2. The summed E-state index contributed by atoms with van der Waals surface area (Å²) in [6.45, 7) is 6.53. The molecule has 0 aliphatic carbocycles. The molecule has 0 unspecified atom stereocenters. The first-order chi connectivity index (χ1) is 16.2. The second-order valence-electron chi connectivity index (χ2n) is 8.49. The van der Waals surface area contributed by atoms with E-state index < -0.39 is 10.0 Å². The Kier molecular flexibility index (Phi) is 7.18. The predicted octanol–water partition coefficient (Wildman–Crippen LogP) is 2.98. The molecule has 0 radical (unpaired) electrons. The molecule has 2 aromatic heterocycles. The third-order valence-corrected chi connectivity index (χ3v) is 9.07. The molecular weight excluding hydrogens is 522 g/mol. The van der Waals surface area contributed by atoms with Gasteiger partial charge in [0.15, 0.2) is 0 Å². The van der Waals surface area contributed by atoms with Gasteiger partial charge in [-0.1, -0.05) is 13.3 Å². The summed E-state index contributed by atoms with van der Waals surface area (Å²) in [5.74, 6) is 0.751. The number of halogens is 1. The van der Waals surface area contributed by atoms with Crippen molar-refractivity contribution in [2.24, 2.45) is 7.05 Å². The third kappa shape index (κ3) is 4.41. The smallest absolute Gasteiger partial charge is 0.275 e. The minimum Gasteiger partial charge on any atom is -0.493 e. The molecule has 0 spiro atoms. The molecule has 1 saturated heterocycles. The number of rotatable bonds is 7. The Morgan fingerprint density at radius 3 is 2.50 bits per heavy atom. The quantitative estimate of drug-likeness (QED) is 0.484. The Bertz CT molecular complexity index is 1370. The van der Waals surface area contributed by atoms with E-state index in [2.05, 4.69) is 32.7 Å². The second kappa shape index (κ2) is 9.80. The van der Waals surface area contributed by atoms with Crippen LogP contribution in [0.3, 0.4) is 0 Å². The molecule has 9 nitrogen and oxygen atoms in total. The van der Waals surface area contributed by atoms with Gasteiger partial charge in [-0.2, -0.15) is 4.31 Å². The highest BCUT2D eigenvalue weighted by atomic mass is 79.9. The molecule has 0 amide bonds. The van der Waals surface area contributed by atoms with Gasteiger partial charge in [0.25, 0.3) is 5.56 Å². The van der Waals surface area contributed by atoms with Gasteiger partial charge >= 0.3 is 0 Å². The van der Waals surface area contributed by atoms with E-state index in [0.717, 1.165) is 23.0 Å². The first kappa shape index (κ1) is 24.9. The number of ether oxygens (including phenoxy) is 1. The van der Waals surface area contributed by atoms with E-state index in [9.17, 15) is 13.2 Å². The number of aromatic nitrogens is 3. The van der Waals surface area contributed by atoms with Gasteiger partial charge in [0.05, 0.1) is 21.7 Å². The van der Waals surface area contributed by atoms with Gasteiger partial charge < -0.3 is 19.2 Å². The van der Waals surface area contributed by atoms with Crippen LogP contribution in [-0.2, 0) is 23.5 Å². The van der Waals surface area contributed by atoms with Crippen LogP contribution in [0.1, 0.15) is 25.8 Å². The number of hydrogen-bond acceptors (Lipinski definition) is 6. The lowest BCUT2D eigenvalue weighted by Crippen LogP contribution is -2.47. The van der Waals surface area contributed by atoms with Crippen LogP contribution in [0.4, 0.5) is 0 Å². The van der Waals surface area contributed by atoms with Gasteiger partial charge in [0.1, 0.15) is 22.6 Å². The van der Waals surface area contributed by atoms with Crippen LogP contribution in [0.15, 0.2) is 32.5 Å². The van der Waals surface area contributed by atoms with Crippen LogP contribution >= 0.6 is 15.9 Å². The Morgan fingerprint density at radius 2 is 1.85 bits per heavy atom. The van der Waals surface area contributed by atoms with Crippen molar-refractivity contribution < 1.29 is 13.2 Å². The SMILES string of the molecule is CCCc1c(Br)n(C)c2c(=O)[nH]c(-c3cc(S(=O)(=O)N4CCN(C)CC4)ccc3OCC)nc12. The summed E-state index contributed by atoms with van der Waals surface area (Å²) in [5, 5.41) is 0. The highest BCUT2D eigenvalue weighted by Crippen LogP contribution is 2.34. The van der Waals surface area contributed by atoms with Gasteiger partial charge in [-0.25, -0.2) is 13.4 Å². The van der Waals surface area contributed by atoms with E-state index in [1.165, 1.54) is 4.31 Å². The summed E-state index contributed by atoms with van der Waals surface area (Å²) >= 11 is 3.59. The summed E-state index contributed by atoms with van der Waals surface area (Å²) in [5.41, 5.74) is 2.17. The maximum absolute atomic E-state index is 13.4. The lowest BCUT2D eigenvalue weighted by atomic mass is 10.1. The number of nitrogens with zero attached hydrogens (tertiary/aromatic N) is 4. The molecule has 1 aliphatic heterocycles. The number of nitrogens with one attached hydrogen (secondary N) is 1. The molecule has 184 valence electrons. The van der Waals surface area contributed by atoms with E-state index >= 15 is 0 Å². The number of sulfonamides is 1. The zero-order valence-electron chi connectivity index (χ0n) is 19.9. The Hall–Kier alpha value is -2.21. The van der Waals surface area contributed by atoms with E-state index in [1.54, 1.807) is 22.8 Å². The maximum atomic E-state index is 13.4. The highest BCUT2D eigenvalue weighted by Gasteiger charge is 2.29. The molecule has 0 saturated carbocycles. The molecule has 11 heteroatoms. The van der Waals surface area contributed by atoms with Crippen molar-refractivity contribution in [3.63, 3.8) is 0 Å². The van der Waals surface area contributed by atoms with Crippen LogP contribution in [0, 0.1) is 0 Å². The third-order valence-electron chi connectivity index (χ3n) is 6.17. The minimum atomic E-state index is -3.70. The van der Waals surface area contributed by atoms with E-state index in [1.807, 2.05) is 21.0 Å². The van der Waals surface area contributed by atoms with Crippen molar-refractivity contribution in [1.29, 1.82) is 0 Å². The predicted molar refractivity (Wildman–Crippen MR) is 136 cm³/mol. The van der Waals surface area contributed by atoms with Gasteiger partial charge in [-0.15, -0.1) is 0 Å². The zero-order chi connectivity index (χ0) is 24.6. The van der Waals surface area contributed by atoms with Crippen molar-refractivity contribution in [2.75, 3.05) is 39.8 Å². The number of fused-ring (bicyclic) bond motifs is 1. The zero-order valence-corrected chi connectivity index (χ0v) is 22.3. The van der Waals surface area contributed by atoms with E-state index in [0.29, 0.717) is 55.1 Å². The Morgan fingerprint density at radius 1 is 1.15 bits per heavy atom. The van der Waals surface area contributed by atoms with Gasteiger partial charge in [-0.05, 0) is 54.5 Å². The van der Waals surface area contributed by atoms with Crippen LogP contribution in [0.25, 0.3) is 22.4 Å². The number of aromatic amines is 1. The number of piperazine rings is 1. The summed E-state index contributed by atoms with van der Waals surface area (Å²) in [7, 11) is 0.0946. The fourth-order valence-electron chi connectivity index (χ4n) is 4.30. The molecule has 4 rings (SSSR count). The summed E-state index contributed by atoms with van der Waals surface area (Å²) in [6, 6.07) is 4.75. The molecular formula is C23H30BrN5O4S. The average molecular weight is 552 g/mol. The molecule has 34 heavy (non-hydrogen) atoms. The molecule has 0 bridgehead atoms. The fourth-order valence-corrected chi connectivity index (χ4v) is 6.31. The fraction of sp³-hybridized carbons (Fsp3) is 0.478. The number of hydrogen-bond donors (Lipinski definition) is 1. The highest BCUT2D eigenvalue weighted by molar-refractivity contribution is 9.10. The van der Waals surface area contributed by atoms with Crippen LogP contribution in [0.5, 0.6) is 5.75 Å². The summed E-state index contributed by atoms with van der Waals surface area (Å²) in [6.07, 6.45) is 1.65. The molecule has 1 N–H and O–H groups in total. The molecule has 1 aliphatic rings. The first-order valence-electron chi connectivity index (χ1n) is 11.4. The largest absolute Gasteiger partial charge is 0.493 e. The Labute approximate surface area is 207 Å². The number of likely N-dealkylation sites (N-methyl/N-ethyl adjacent to an activating group) is 1. The van der Waals surface area contributed by atoms with E-state index in [4.69, 9.17) is 9.72 Å². The lowest BCUT2D eigenvalue weighted by molar-refractivity contribution is 0.222. The van der Waals surface area contributed by atoms with Crippen molar-refractivity contribution in [1.82, 2.24) is 23.7 Å². The number of H-pyrrole nitrogens is 1. The maximum Gasteiger partial charge on any atom is 0.275 e. The molecule has 1 aromatic carbocycles. The molecule has 0 atom stereocenters. The van der Waals surface area contributed by atoms with Crippen LogP contribution in [-0.4, -0.2) is 72.0 Å². The number of benzene rings is 1. The molecule has 1 fully saturated rings. The number of aryl methyl sites for hydroxylation is 2. The standard InChI is InChI=1S/C23H30BrN5O4S/c1-5-7-16-19-20(28(4)21(16)24)23(30)26-22(25-19)17-14-15(8-9-18(17)33-6-2)34(31,32)29-12-10-27(3)11-13-29/h8-9,14H,5-7,10-13H2,1-4H3,(H,25,26,30). The van der Waals surface area contributed by atoms with Gasteiger partial charge in [0, 0.05) is 38.8 Å². The van der Waals surface area contributed by atoms with Crippen LogP contribution in [0.2, 0.25) is 0 Å². The summed E-state index contributed by atoms with van der Waals surface area (Å²) in [4.78, 5) is 23.0. The molecule has 3 heterocycles.